The smallest absolute Gasteiger partial charge is 0.338 e. The molecule has 218 valence electrons. The Morgan fingerprint density at radius 2 is 1.86 bits per heavy atom. The summed E-state index contributed by atoms with van der Waals surface area (Å²) in [5.41, 5.74) is 3.27. The van der Waals surface area contributed by atoms with Crippen LogP contribution in [0.15, 0.2) is 87.8 Å². The highest BCUT2D eigenvalue weighted by Crippen LogP contribution is 2.38. The number of halogens is 1. The van der Waals surface area contributed by atoms with Crippen molar-refractivity contribution in [1.82, 2.24) is 4.57 Å². The van der Waals surface area contributed by atoms with Crippen LogP contribution >= 0.6 is 22.9 Å². The molecule has 0 saturated carbocycles. The Labute approximate surface area is 257 Å². The standard InChI is InChI=1S/C33H28ClN3O5S/c1-4-25-28(32(39)40-3)29(21-11-7-6-8-12-21)37-31(38)27(43-33(37)36-25)17-20-15-24(34)30(26(16-20)41-5-2)42-19-23-14-10-9-13-22(23)18-35/h6-17,29H,4-5,19H2,1-3H3/b27-17-/t29-/m0/s1. The van der Waals surface area contributed by atoms with Crippen molar-refractivity contribution in [3.8, 4) is 17.6 Å². The first-order chi connectivity index (χ1) is 20.9. The summed E-state index contributed by atoms with van der Waals surface area (Å²) in [5, 5.41) is 9.71. The summed E-state index contributed by atoms with van der Waals surface area (Å²) in [6, 6.07) is 21.5. The molecular formula is C33H28ClN3O5S. The monoisotopic (exact) mass is 613 g/mol. The Hall–Kier alpha value is -4.65. The van der Waals surface area contributed by atoms with Crippen LogP contribution in [-0.4, -0.2) is 24.3 Å². The van der Waals surface area contributed by atoms with Crippen molar-refractivity contribution < 1.29 is 19.0 Å². The molecule has 1 aliphatic heterocycles. The molecule has 0 aliphatic carbocycles. The Balaban J connectivity index is 1.60. The van der Waals surface area contributed by atoms with Crippen molar-refractivity contribution in [3.05, 3.63) is 125 Å². The van der Waals surface area contributed by atoms with E-state index in [9.17, 15) is 14.9 Å². The number of aromatic nitrogens is 1. The van der Waals surface area contributed by atoms with E-state index in [0.29, 0.717) is 61.3 Å². The van der Waals surface area contributed by atoms with E-state index in [2.05, 4.69) is 6.07 Å². The van der Waals surface area contributed by atoms with Crippen molar-refractivity contribution in [2.75, 3.05) is 13.7 Å². The first-order valence-electron chi connectivity index (χ1n) is 13.6. The van der Waals surface area contributed by atoms with Gasteiger partial charge in [0.1, 0.15) is 6.61 Å². The molecule has 0 unspecified atom stereocenters. The van der Waals surface area contributed by atoms with Crippen LogP contribution in [0.25, 0.3) is 6.08 Å². The Kier molecular flexibility index (Phi) is 9.10. The average molecular weight is 614 g/mol. The molecule has 8 nitrogen and oxygen atoms in total. The van der Waals surface area contributed by atoms with Gasteiger partial charge >= 0.3 is 5.97 Å². The van der Waals surface area contributed by atoms with E-state index in [1.54, 1.807) is 34.9 Å². The third-order valence-electron chi connectivity index (χ3n) is 6.90. The number of hydrogen-bond donors (Lipinski definition) is 0. The number of benzene rings is 3. The van der Waals surface area contributed by atoms with E-state index >= 15 is 0 Å². The summed E-state index contributed by atoms with van der Waals surface area (Å²) >= 11 is 7.91. The van der Waals surface area contributed by atoms with E-state index in [4.69, 9.17) is 30.8 Å². The van der Waals surface area contributed by atoms with Crippen molar-refractivity contribution in [2.24, 2.45) is 4.99 Å². The average Bonchev–Trinajstić information content (AvgIpc) is 3.33. The maximum Gasteiger partial charge on any atom is 0.338 e. The molecule has 0 spiro atoms. The van der Waals surface area contributed by atoms with Gasteiger partial charge in [0.15, 0.2) is 16.3 Å². The Morgan fingerprint density at radius 1 is 1.12 bits per heavy atom. The van der Waals surface area contributed by atoms with Crippen LogP contribution in [0.2, 0.25) is 5.02 Å². The molecule has 2 heterocycles. The van der Waals surface area contributed by atoms with E-state index < -0.39 is 12.0 Å². The van der Waals surface area contributed by atoms with E-state index in [-0.39, 0.29) is 12.2 Å². The van der Waals surface area contributed by atoms with Gasteiger partial charge in [-0.2, -0.15) is 5.26 Å². The summed E-state index contributed by atoms with van der Waals surface area (Å²) in [5.74, 6) is 0.228. The summed E-state index contributed by atoms with van der Waals surface area (Å²) in [6.45, 7) is 4.25. The molecular weight excluding hydrogens is 586 g/mol. The number of carbonyl (C=O) groups excluding carboxylic acids is 1. The number of esters is 1. The van der Waals surface area contributed by atoms with Gasteiger partial charge in [0.2, 0.25) is 0 Å². The van der Waals surface area contributed by atoms with E-state index in [1.807, 2.05) is 56.3 Å². The first kappa shape index (κ1) is 29.8. The van der Waals surface area contributed by atoms with Crippen LogP contribution in [-0.2, 0) is 16.1 Å². The molecule has 3 aromatic carbocycles. The predicted octanol–water partition coefficient (Wildman–Crippen LogP) is 5.30. The van der Waals surface area contributed by atoms with Crippen LogP contribution < -0.4 is 24.4 Å². The van der Waals surface area contributed by atoms with Crippen LogP contribution in [0, 0.1) is 11.3 Å². The number of rotatable bonds is 9. The number of fused-ring (bicyclic) bond motifs is 1. The molecule has 43 heavy (non-hydrogen) atoms. The molecule has 0 radical (unpaired) electrons. The maximum absolute atomic E-state index is 13.9. The molecule has 5 rings (SSSR count). The molecule has 4 aromatic rings. The number of allylic oxidation sites excluding steroid dienone is 1. The lowest BCUT2D eigenvalue weighted by molar-refractivity contribution is -0.136. The molecule has 10 heteroatoms. The van der Waals surface area contributed by atoms with E-state index in [0.717, 1.165) is 11.1 Å². The SMILES string of the molecule is CCOc1cc(/C=c2\sc3n(c2=O)[C@@H](c2ccccc2)C(C(=O)OC)=C(CC)N=3)cc(Cl)c1OCc1ccccc1C#N. The van der Waals surface area contributed by atoms with Crippen LogP contribution in [0.1, 0.15) is 48.6 Å². The highest BCUT2D eigenvalue weighted by molar-refractivity contribution is 7.07. The molecule has 1 aliphatic rings. The van der Waals surface area contributed by atoms with Gasteiger partial charge in [-0.15, -0.1) is 0 Å². The van der Waals surface area contributed by atoms with Crippen molar-refractivity contribution in [2.45, 2.75) is 32.9 Å². The van der Waals surface area contributed by atoms with Crippen molar-refractivity contribution in [1.29, 1.82) is 5.26 Å². The second-order valence-electron chi connectivity index (χ2n) is 9.52. The van der Waals surface area contributed by atoms with Crippen LogP contribution in [0.4, 0.5) is 0 Å². The summed E-state index contributed by atoms with van der Waals surface area (Å²) in [6.07, 6.45) is 2.22. The van der Waals surface area contributed by atoms with Gasteiger partial charge in [-0.1, -0.05) is 78.4 Å². The lowest BCUT2D eigenvalue weighted by Crippen LogP contribution is -2.40. The third kappa shape index (κ3) is 5.98. The molecule has 1 atom stereocenters. The van der Waals surface area contributed by atoms with Crippen molar-refractivity contribution >= 4 is 35.0 Å². The van der Waals surface area contributed by atoms with Crippen molar-refractivity contribution in [3.63, 3.8) is 0 Å². The zero-order valence-electron chi connectivity index (χ0n) is 23.8. The lowest BCUT2D eigenvalue weighted by Gasteiger charge is -2.25. The van der Waals surface area contributed by atoms with Gasteiger partial charge < -0.3 is 14.2 Å². The predicted molar refractivity (Wildman–Crippen MR) is 165 cm³/mol. The Bertz CT molecular complexity index is 1940. The van der Waals surface area contributed by atoms with Crippen LogP contribution in [0.3, 0.4) is 0 Å². The zero-order chi connectivity index (χ0) is 30.5. The second-order valence-corrected chi connectivity index (χ2v) is 10.9. The van der Waals surface area contributed by atoms with Gasteiger partial charge in [-0.05, 0) is 48.7 Å². The quantitative estimate of drug-likeness (QED) is 0.237. The maximum atomic E-state index is 13.9. The fraction of sp³-hybridized carbons (Fsp3) is 0.212. The summed E-state index contributed by atoms with van der Waals surface area (Å²) in [4.78, 5) is 32.1. The number of thiazole rings is 1. The fourth-order valence-corrected chi connectivity index (χ4v) is 6.24. The number of nitriles is 1. The number of carbonyl (C=O) groups is 1. The minimum Gasteiger partial charge on any atom is -0.490 e. The molecule has 1 aromatic heterocycles. The van der Waals surface area contributed by atoms with Gasteiger partial charge in [0.05, 0.1) is 52.2 Å². The summed E-state index contributed by atoms with van der Waals surface area (Å²) in [7, 11) is 1.32. The van der Waals surface area contributed by atoms with Gasteiger partial charge in [0.25, 0.3) is 5.56 Å². The largest absolute Gasteiger partial charge is 0.490 e. The minimum atomic E-state index is -0.684. The minimum absolute atomic E-state index is 0.128. The molecule has 0 fully saturated rings. The molecule has 0 bridgehead atoms. The molecule has 0 amide bonds. The summed E-state index contributed by atoms with van der Waals surface area (Å²) < 4.78 is 19.0. The number of hydrogen-bond acceptors (Lipinski definition) is 8. The highest BCUT2D eigenvalue weighted by Gasteiger charge is 2.33. The zero-order valence-corrected chi connectivity index (χ0v) is 25.4. The first-order valence-corrected chi connectivity index (χ1v) is 14.8. The third-order valence-corrected chi connectivity index (χ3v) is 8.17. The van der Waals surface area contributed by atoms with Gasteiger partial charge in [-0.3, -0.25) is 9.36 Å². The molecule has 0 N–H and O–H groups in total. The topological polar surface area (TPSA) is 103 Å². The number of methoxy groups -OCH3 is 1. The lowest BCUT2D eigenvalue weighted by atomic mass is 9.95. The van der Waals surface area contributed by atoms with E-state index in [1.165, 1.54) is 18.4 Å². The fourth-order valence-electron chi connectivity index (χ4n) is 4.95. The van der Waals surface area contributed by atoms with Gasteiger partial charge in [-0.25, -0.2) is 9.79 Å². The second kappa shape index (κ2) is 13.1. The Morgan fingerprint density at radius 3 is 2.56 bits per heavy atom. The molecule has 0 saturated heterocycles. The normalized spacial score (nSPS) is 14.5. The number of nitrogens with zero attached hydrogens (tertiary/aromatic N) is 3. The highest BCUT2D eigenvalue weighted by atomic mass is 35.5. The van der Waals surface area contributed by atoms with Crippen LogP contribution in [0.5, 0.6) is 11.5 Å². The number of ether oxygens (including phenoxy) is 3. The van der Waals surface area contributed by atoms with Gasteiger partial charge in [0, 0.05) is 5.56 Å².